The third-order valence-electron chi connectivity index (χ3n) is 4.93. The maximum Gasteiger partial charge on any atom is 0.344 e. The maximum atomic E-state index is 12.5. The van der Waals surface area contributed by atoms with Gasteiger partial charge < -0.3 is 9.15 Å². The van der Waals surface area contributed by atoms with Crippen molar-refractivity contribution in [1.29, 1.82) is 0 Å². The molecule has 6 heteroatoms. The molecular weight excluding hydrogens is 366 g/mol. The molecule has 3 aromatic carbocycles. The van der Waals surface area contributed by atoms with Crippen molar-refractivity contribution in [3.63, 3.8) is 0 Å². The van der Waals surface area contributed by atoms with Crippen molar-refractivity contribution in [3.8, 4) is 22.6 Å². The summed E-state index contributed by atoms with van der Waals surface area (Å²) < 4.78 is 11.0. The van der Waals surface area contributed by atoms with E-state index in [4.69, 9.17) is 9.15 Å². The van der Waals surface area contributed by atoms with E-state index >= 15 is 0 Å². The van der Waals surface area contributed by atoms with Crippen molar-refractivity contribution >= 4 is 22.0 Å². The van der Waals surface area contributed by atoms with E-state index in [1.54, 1.807) is 13.2 Å². The lowest BCUT2D eigenvalue weighted by molar-refractivity contribution is 0.412. The van der Waals surface area contributed by atoms with Gasteiger partial charge in [-0.15, -0.1) is 10.2 Å². The van der Waals surface area contributed by atoms with E-state index in [0.717, 1.165) is 33.3 Å². The Hall–Kier alpha value is -3.93. The lowest BCUT2D eigenvalue weighted by atomic mass is 10.1. The van der Waals surface area contributed by atoms with Crippen LogP contribution in [-0.4, -0.2) is 22.1 Å². The molecule has 0 N–H and O–H groups in total. The Balaban J connectivity index is 1.62. The molecule has 5 aromatic rings. The molecule has 0 aliphatic carbocycles. The van der Waals surface area contributed by atoms with Crippen LogP contribution >= 0.6 is 0 Å². The minimum Gasteiger partial charge on any atom is -0.496 e. The first-order valence-corrected chi connectivity index (χ1v) is 9.18. The van der Waals surface area contributed by atoms with Gasteiger partial charge in [0.15, 0.2) is 0 Å². The predicted molar refractivity (Wildman–Crippen MR) is 112 cm³/mol. The molecule has 0 saturated heterocycles. The molecule has 0 fully saturated rings. The predicted octanol–water partition coefficient (Wildman–Crippen LogP) is 4.51. The average molecular weight is 383 g/mol. The van der Waals surface area contributed by atoms with Gasteiger partial charge >= 0.3 is 5.63 Å². The number of benzene rings is 3. The van der Waals surface area contributed by atoms with Crippen molar-refractivity contribution in [2.24, 2.45) is 0 Å². The Morgan fingerprint density at radius 1 is 0.931 bits per heavy atom. The summed E-state index contributed by atoms with van der Waals surface area (Å²) in [4.78, 5) is 14.0. The quantitative estimate of drug-likeness (QED) is 0.429. The number of hydrogen-bond acceptors (Lipinski definition) is 5. The number of aryl methyl sites for hydroxylation is 1. The van der Waals surface area contributed by atoms with E-state index in [2.05, 4.69) is 10.2 Å². The Bertz CT molecular complexity index is 1420. The number of hydrogen-bond donors (Lipinski definition) is 0. The summed E-state index contributed by atoms with van der Waals surface area (Å²) in [5.41, 5.74) is 4.68. The van der Waals surface area contributed by atoms with Gasteiger partial charge in [-0.3, -0.25) is 0 Å². The third-order valence-corrected chi connectivity index (χ3v) is 4.93. The van der Waals surface area contributed by atoms with E-state index in [9.17, 15) is 4.79 Å². The summed E-state index contributed by atoms with van der Waals surface area (Å²) in [6, 6.07) is 20.7. The molecule has 0 bridgehead atoms. The first kappa shape index (κ1) is 17.2. The van der Waals surface area contributed by atoms with Crippen LogP contribution in [0.2, 0.25) is 0 Å². The molecule has 142 valence electrons. The van der Waals surface area contributed by atoms with E-state index in [-0.39, 0.29) is 5.63 Å². The van der Waals surface area contributed by atoms with Gasteiger partial charge in [-0.05, 0) is 42.3 Å². The minimum atomic E-state index is -0.375. The summed E-state index contributed by atoms with van der Waals surface area (Å²) >= 11 is 0. The fourth-order valence-corrected chi connectivity index (χ4v) is 3.43. The fraction of sp³-hybridized carbons (Fsp3) is 0.0870. The average Bonchev–Trinajstić information content (AvgIpc) is 3.15. The number of methoxy groups -OCH3 is 1. The summed E-state index contributed by atoms with van der Waals surface area (Å²) in [7, 11) is 1.63. The van der Waals surface area contributed by atoms with Crippen molar-refractivity contribution in [2.45, 2.75) is 6.92 Å². The lowest BCUT2D eigenvalue weighted by Gasteiger charge is -2.04. The van der Waals surface area contributed by atoms with Crippen LogP contribution in [0.25, 0.3) is 38.8 Å². The standard InChI is InChI=1S/C23H17N3O3/c1-14-10-19-20(13-21(14)28-2)25-26(24-19)17-9-8-16-11-18(15-6-4-3-5-7-15)23(27)29-22(16)12-17/h3-13H,1-2H3. The molecule has 2 aromatic heterocycles. The van der Waals surface area contributed by atoms with Gasteiger partial charge in [-0.1, -0.05) is 30.3 Å². The fourth-order valence-electron chi connectivity index (χ4n) is 3.43. The topological polar surface area (TPSA) is 70.2 Å². The van der Waals surface area contributed by atoms with Crippen molar-refractivity contribution in [1.82, 2.24) is 15.0 Å². The largest absolute Gasteiger partial charge is 0.496 e. The first-order valence-electron chi connectivity index (χ1n) is 9.18. The highest BCUT2D eigenvalue weighted by molar-refractivity contribution is 5.83. The second-order valence-electron chi connectivity index (χ2n) is 6.84. The minimum absolute atomic E-state index is 0.375. The zero-order valence-corrected chi connectivity index (χ0v) is 15.9. The van der Waals surface area contributed by atoms with E-state index in [1.807, 2.05) is 67.6 Å². The number of ether oxygens (including phenoxy) is 1. The Labute approximate surface area is 166 Å². The maximum absolute atomic E-state index is 12.5. The molecule has 2 heterocycles. The Kier molecular flexibility index (Phi) is 3.91. The Morgan fingerprint density at radius 2 is 1.69 bits per heavy atom. The summed E-state index contributed by atoms with van der Waals surface area (Å²) in [5.74, 6) is 0.766. The second kappa shape index (κ2) is 6.60. The van der Waals surface area contributed by atoms with Gasteiger partial charge in [0.05, 0.1) is 18.4 Å². The molecule has 0 aliphatic heterocycles. The number of nitrogens with zero attached hydrogens (tertiary/aromatic N) is 3. The molecule has 0 spiro atoms. The molecule has 0 radical (unpaired) electrons. The second-order valence-corrected chi connectivity index (χ2v) is 6.84. The smallest absolute Gasteiger partial charge is 0.344 e. The molecule has 0 unspecified atom stereocenters. The molecular formula is C23H17N3O3. The molecule has 0 amide bonds. The van der Waals surface area contributed by atoms with Crippen LogP contribution in [0.15, 0.2) is 75.9 Å². The van der Waals surface area contributed by atoms with Crippen LogP contribution in [0.5, 0.6) is 5.75 Å². The normalized spacial score (nSPS) is 11.2. The highest BCUT2D eigenvalue weighted by Crippen LogP contribution is 2.25. The van der Waals surface area contributed by atoms with Crippen LogP contribution in [0, 0.1) is 6.92 Å². The zero-order valence-electron chi connectivity index (χ0n) is 15.9. The van der Waals surface area contributed by atoms with Gasteiger partial charge in [-0.2, -0.15) is 4.80 Å². The first-order chi connectivity index (χ1) is 14.1. The van der Waals surface area contributed by atoms with Crippen LogP contribution < -0.4 is 10.4 Å². The van der Waals surface area contributed by atoms with E-state index < -0.39 is 0 Å². The molecule has 0 aliphatic rings. The van der Waals surface area contributed by atoms with Crippen molar-refractivity contribution in [2.75, 3.05) is 7.11 Å². The summed E-state index contributed by atoms with van der Waals surface area (Å²) in [5, 5.41) is 9.91. The van der Waals surface area contributed by atoms with Crippen molar-refractivity contribution < 1.29 is 9.15 Å². The highest BCUT2D eigenvalue weighted by Gasteiger charge is 2.11. The molecule has 6 nitrogen and oxygen atoms in total. The van der Waals surface area contributed by atoms with Gasteiger partial charge in [0.2, 0.25) is 0 Å². The van der Waals surface area contributed by atoms with Gasteiger partial charge in [-0.25, -0.2) is 4.79 Å². The van der Waals surface area contributed by atoms with Gasteiger partial charge in [0, 0.05) is 17.5 Å². The number of fused-ring (bicyclic) bond motifs is 2. The van der Waals surface area contributed by atoms with Crippen LogP contribution in [0.4, 0.5) is 0 Å². The molecule has 0 atom stereocenters. The van der Waals surface area contributed by atoms with Crippen LogP contribution in [0.1, 0.15) is 5.56 Å². The van der Waals surface area contributed by atoms with E-state index in [0.29, 0.717) is 16.8 Å². The monoisotopic (exact) mass is 383 g/mol. The van der Waals surface area contributed by atoms with Crippen LogP contribution in [0.3, 0.4) is 0 Å². The van der Waals surface area contributed by atoms with E-state index in [1.165, 1.54) is 4.80 Å². The summed E-state index contributed by atoms with van der Waals surface area (Å²) in [6.07, 6.45) is 0. The SMILES string of the molecule is COc1cc2nn(-c3ccc4cc(-c5ccccc5)c(=O)oc4c3)nc2cc1C. The molecule has 5 rings (SSSR count). The van der Waals surface area contributed by atoms with Gasteiger partial charge in [0.25, 0.3) is 0 Å². The number of aromatic nitrogens is 3. The van der Waals surface area contributed by atoms with Crippen LogP contribution in [-0.2, 0) is 0 Å². The lowest BCUT2D eigenvalue weighted by Crippen LogP contribution is -2.03. The molecule has 0 saturated carbocycles. The van der Waals surface area contributed by atoms with Crippen molar-refractivity contribution in [3.05, 3.63) is 82.7 Å². The highest BCUT2D eigenvalue weighted by atomic mass is 16.5. The van der Waals surface area contributed by atoms with Gasteiger partial charge in [0.1, 0.15) is 22.4 Å². The Morgan fingerprint density at radius 3 is 2.45 bits per heavy atom. The summed E-state index contributed by atoms with van der Waals surface area (Å²) in [6.45, 7) is 1.96. The zero-order chi connectivity index (χ0) is 20.0. The number of rotatable bonds is 3. The third kappa shape index (κ3) is 2.95. The molecule has 29 heavy (non-hydrogen) atoms.